The number of hydrogen-bond acceptors (Lipinski definition) is 4. The molecule has 1 heterocycles. The molecule has 0 saturated heterocycles. The Morgan fingerprint density at radius 2 is 2.05 bits per heavy atom. The Morgan fingerprint density at radius 3 is 2.60 bits per heavy atom. The molecule has 1 aromatic heterocycles. The minimum Gasteiger partial charge on any atom is -0.368 e. The van der Waals surface area contributed by atoms with Crippen LogP contribution in [-0.4, -0.2) is 42.0 Å². The van der Waals surface area contributed by atoms with Crippen molar-refractivity contribution >= 4 is 11.7 Å². The Bertz CT molecular complexity index is 449. The van der Waals surface area contributed by atoms with Crippen LogP contribution in [0.5, 0.6) is 0 Å². The molecule has 2 rings (SSSR count). The topological polar surface area (TPSA) is 71.2 Å². The highest BCUT2D eigenvalue weighted by Gasteiger charge is 2.27. The maximum atomic E-state index is 11.8. The third kappa shape index (κ3) is 3.70. The zero-order valence-corrected chi connectivity index (χ0v) is 12.4. The Balaban J connectivity index is 1.92. The number of rotatable bonds is 4. The Kier molecular flexibility index (Phi) is 4.60. The summed E-state index contributed by atoms with van der Waals surface area (Å²) < 4.78 is 0. The quantitative estimate of drug-likeness (QED) is 0.880. The van der Waals surface area contributed by atoms with Gasteiger partial charge < -0.3 is 16.0 Å². The highest BCUT2D eigenvalue weighted by atomic mass is 16.2. The molecule has 1 fully saturated rings. The van der Waals surface area contributed by atoms with Gasteiger partial charge in [0.15, 0.2) is 0 Å². The summed E-state index contributed by atoms with van der Waals surface area (Å²) in [5.41, 5.74) is 6.86. The first-order valence-electron chi connectivity index (χ1n) is 7.21. The fraction of sp³-hybridized carbons (Fsp3) is 0.600. The van der Waals surface area contributed by atoms with E-state index in [9.17, 15) is 4.79 Å². The van der Waals surface area contributed by atoms with Crippen LogP contribution >= 0.6 is 0 Å². The molecule has 0 bridgehead atoms. The average Bonchev–Trinajstić information content (AvgIpc) is 2.46. The van der Waals surface area contributed by atoms with E-state index in [1.807, 2.05) is 6.07 Å². The van der Waals surface area contributed by atoms with Gasteiger partial charge in [-0.1, -0.05) is 19.3 Å². The summed E-state index contributed by atoms with van der Waals surface area (Å²) in [7, 11) is 3.46. The van der Waals surface area contributed by atoms with Crippen molar-refractivity contribution in [2.75, 3.05) is 26.0 Å². The SMILES string of the molecule is CN(C)C(=O)c1ccc(NCC2(N)CCCCC2)nc1. The van der Waals surface area contributed by atoms with Crippen LogP contribution in [0.4, 0.5) is 5.82 Å². The second-order valence-electron chi connectivity index (χ2n) is 5.91. The molecule has 0 aliphatic heterocycles. The second-order valence-corrected chi connectivity index (χ2v) is 5.91. The van der Waals surface area contributed by atoms with Crippen LogP contribution < -0.4 is 11.1 Å². The summed E-state index contributed by atoms with van der Waals surface area (Å²) >= 11 is 0. The zero-order valence-electron chi connectivity index (χ0n) is 12.4. The molecule has 0 spiro atoms. The first-order chi connectivity index (χ1) is 9.50. The van der Waals surface area contributed by atoms with Crippen molar-refractivity contribution in [1.82, 2.24) is 9.88 Å². The van der Waals surface area contributed by atoms with Crippen LogP contribution in [0.1, 0.15) is 42.5 Å². The fourth-order valence-corrected chi connectivity index (χ4v) is 2.58. The number of pyridine rings is 1. The maximum Gasteiger partial charge on any atom is 0.254 e. The van der Waals surface area contributed by atoms with Crippen LogP contribution in [0.15, 0.2) is 18.3 Å². The van der Waals surface area contributed by atoms with Gasteiger partial charge in [-0.2, -0.15) is 0 Å². The Hall–Kier alpha value is -1.62. The molecule has 1 saturated carbocycles. The van der Waals surface area contributed by atoms with Gasteiger partial charge >= 0.3 is 0 Å². The van der Waals surface area contributed by atoms with E-state index in [-0.39, 0.29) is 11.4 Å². The van der Waals surface area contributed by atoms with E-state index >= 15 is 0 Å². The molecule has 0 unspecified atom stereocenters. The predicted octanol–water partition coefficient (Wildman–Crippen LogP) is 1.86. The van der Waals surface area contributed by atoms with Gasteiger partial charge in [-0.05, 0) is 25.0 Å². The summed E-state index contributed by atoms with van der Waals surface area (Å²) in [4.78, 5) is 17.6. The Labute approximate surface area is 120 Å². The number of aromatic nitrogens is 1. The molecular weight excluding hydrogens is 252 g/mol. The molecule has 1 amide bonds. The van der Waals surface area contributed by atoms with Crippen LogP contribution in [0.2, 0.25) is 0 Å². The highest BCUT2D eigenvalue weighted by Crippen LogP contribution is 2.26. The molecule has 110 valence electrons. The van der Waals surface area contributed by atoms with Gasteiger partial charge in [0.25, 0.3) is 5.91 Å². The lowest BCUT2D eigenvalue weighted by molar-refractivity contribution is 0.0827. The van der Waals surface area contributed by atoms with Gasteiger partial charge in [0.1, 0.15) is 5.82 Å². The Morgan fingerprint density at radius 1 is 1.35 bits per heavy atom. The van der Waals surface area contributed by atoms with Gasteiger partial charge in [-0.25, -0.2) is 4.98 Å². The van der Waals surface area contributed by atoms with E-state index in [0.717, 1.165) is 25.2 Å². The summed E-state index contributed by atoms with van der Waals surface area (Å²) in [5, 5.41) is 3.29. The number of nitrogens with two attached hydrogens (primary N) is 1. The molecule has 20 heavy (non-hydrogen) atoms. The van der Waals surface area contributed by atoms with Crippen LogP contribution in [0.3, 0.4) is 0 Å². The van der Waals surface area contributed by atoms with Gasteiger partial charge in [-0.3, -0.25) is 4.79 Å². The summed E-state index contributed by atoms with van der Waals surface area (Å²) in [5.74, 6) is 0.738. The van der Waals surface area contributed by atoms with E-state index in [1.165, 1.54) is 19.3 Å². The van der Waals surface area contributed by atoms with Crippen molar-refractivity contribution in [3.63, 3.8) is 0 Å². The zero-order chi connectivity index (χ0) is 14.6. The van der Waals surface area contributed by atoms with E-state index in [2.05, 4.69) is 10.3 Å². The van der Waals surface area contributed by atoms with E-state index in [4.69, 9.17) is 5.73 Å². The smallest absolute Gasteiger partial charge is 0.254 e. The molecule has 1 aliphatic rings. The van der Waals surface area contributed by atoms with Crippen LogP contribution in [0.25, 0.3) is 0 Å². The number of anilines is 1. The number of nitrogens with zero attached hydrogens (tertiary/aromatic N) is 2. The molecule has 5 heteroatoms. The molecule has 1 aromatic rings. The van der Waals surface area contributed by atoms with Crippen molar-refractivity contribution in [3.8, 4) is 0 Å². The molecule has 0 aromatic carbocycles. The van der Waals surface area contributed by atoms with Crippen LogP contribution in [-0.2, 0) is 0 Å². The lowest BCUT2D eigenvalue weighted by atomic mass is 9.82. The molecule has 0 radical (unpaired) electrons. The molecule has 3 N–H and O–H groups in total. The van der Waals surface area contributed by atoms with Crippen molar-refractivity contribution in [2.45, 2.75) is 37.6 Å². The first kappa shape index (κ1) is 14.8. The van der Waals surface area contributed by atoms with Gasteiger partial charge in [0.2, 0.25) is 0 Å². The number of nitrogens with one attached hydrogen (secondary N) is 1. The molecule has 0 atom stereocenters. The average molecular weight is 276 g/mol. The lowest BCUT2D eigenvalue weighted by Gasteiger charge is -2.33. The standard InChI is InChI=1S/C15H24N4O/c1-19(2)14(20)12-6-7-13(17-10-12)18-11-15(16)8-4-3-5-9-15/h6-7,10H,3-5,8-9,11,16H2,1-2H3,(H,17,18). The van der Waals surface area contributed by atoms with Crippen molar-refractivity contribution < 1.29 is 4.79 Å². The van der Waals surface area contributed by atoms with Crippen molar-refractivity contribution in [3.05, 3.63) is 23.9 Å². The van der Waals surface area contributed by atoms with Gasteiger partial charge in [-0.15, -0.1) is 0 Å². The normalized spacial score (nSPS) is 17.6. The first-order valence-corrected chi connectivity index (χ1v) is 7.21. The minimum absolute atomic E-state index is 0.0355. The van der Waals surface area contributed by atoms with E-state index in [0.29, 0.717) is 5.56 Å². The molecule has 5 nitrogen and oxygen atoms in total. The third-order valence-corrected chi connectivity index (χ3v) is 3.89. The largest absolute Gasteiger partial charge is 0.368 e. The molecular formula is C15H24N4O. The fourth-order valence-electron chi connectivity index (χ4n) is 2.58. The lowest BCUT2D eigenvalue weighted by Crippen LogP contribution is -2.47. The number of carbonyl (C=O) groups is 1. The minimum atomic E-state index is -0.113. The maximum absolute atomic E-state index is 11.8. The van der Waals surface area contributed by atoms with Gasteiger partial charge in [0, 0.05) is 32.4 Å². The second kappa shape index (κ2) is 6.22. The summed E-state index contributed by atoms with van der Waals surface area (Å²) in [6, 6.07) is 3.63. The van der Waals surface area contributed by atoms with Gasteiger partial charge in [0.05, 0.1) is 5.56 Å². The number of amides is 1. The summed E-state index contributed by atoms with van der Waals surface area (Å²) in [6.45, 7) is 0.737. The van der Waals surface area contributed by atoms with E-state index < -0.39 is 0 Å². The number of carbonyl (C=O) groups excluding carboxylic acids is 1. The van der Waals surface area contributed by atoms with Crippen molar-refractivity contribution in [1.29, 1.82) is 0 Å². The van der Waals surface area contributed by atoms with Crippen LogP contribution in [0, 0.1) is 0 Å². The third-order valence-electron chi connectivity index (χ3n) is 3.89. The highest BCUT2D eigenvalue weighted by molar-refractivity contribution is 5.93. The summed E-state index contributed by atoms with van der Waals surface area (Å²) in [6.07, 6.45) is 7.45. The monoisotopic (exact) mass is 276 g/mol. The van der Waals surface area contributed by atoms with Crippen molar-refractivity contribution in [2.24, 2.45) is 5.73 Å². The number of hydrogen-bond donors (Lipinski definition) is 2. The van der Waals surface area contributed by atoms with E-state index in [1.54, 1.807) is 31.3 Å². The predicted molar refractivity (Wildman–Crippen MR) is 80.7 cm³/mol. The molecule has 1 aliphatic carbocycles.